The molecule has 4 nitrogen and oxygen atoms in total. The first kappa shape index (κ1) is 15.3. The lowest BCUT2D eigenvalue weighted by molar-refractivity contribution is 0.291. The molecule has 1 aromatic rings. The Balaban J connectivity index is 0.000000341. The molecule has 0 amide bonds. The summed E-state index contributed by atoms with van der Waals surface area (Å²) < 4.78 is 10.6. The standard InChI is InChI=1S/C10H16NO2Si.C3H7N/c1-8(11)9-6-4-5-7-10(9)14(12-2)13-3;1-2-4-3-1/h4-8H,11H2,1-3H3;4H,1-3H2. The van der Waals surface area contributed by atoms with Crippen LogP contribution >= 0.6 is 0 Å². The minimum Gasteiger partial charge on any atom is -0.393 e. The zero-order valence-corrected chi connectivity index (χ0v) is 12.4. The fourth-order valence-electron chi connectivity index (χ4n) is 1.56. The van der Waals surface area contributed by atoms with Crippen LogP contribution in [0.1, 0.15) is 24.9 Å². The Morgan fingerprint density at radius 2 is 1.72 bits per heavy atom. The maximum absolute atomic E-state index is 5.87. The molecule has 1 atom stereocenters. The van der Waals surface area contributed by atoms with E-state index in [4.69, 9.17) is 14.6 Å². The van der Waals surface area contributed by atoms with Gasteiger partial charge in [0.15, 0.2) is 0 Å². The minimum absolute atomic E-state index is 0.0106. The van der Waals surface area contributed by atoms with Gasteiger partial charge in [0.2, 0.25) is 0 Å². The maximum atomic E-state index is 5.87. The van der Waals surface area contributed by atoms with Gasteiger partial charge in [-0.3, -0.25) is 0 Å². The number of hydrogen-bond donors (Lipinski definition) is 2. The largest absolute Gasteiger partial charge is 0.423 e. The van der Waals surface area contributed by atoms with Crippen molar-refractivity contribution < 1.29 is 8.85 Å². The lowest BCUT2D eigenvalue weighted by Crippen LogP contribution is -2.38. The van der Waals surface area contributed by atoms with Gasteiger partial charge in [-0.15, -0.1) is 0 Å². The van der Waals surface area contributed by atoms with Crippen LogP contribution in [0.2, 0.25) is 0 Å². The van der Waals surface area contributed by atoms with Crippen LogP contribution in [-0.4, -0.2) is 36.6 Å². The number of nitrogens with one attached hydrogen (secondary N) is 1. The zero-order chi connectivity index (χ0) is 13.4. The second-order valence-corrected chi connectivity index (χ2v) is 6.11. The molecule has 2 rings (SSSR count). The second-order valence-electron chi connectivity index (χ2n) is 4.18. The molecule has 1 aliphatic rings. The van der Waals surface area contributed by atoms with Crippen LogP contribution in [0, 0.1) is 0 Å². The summed E-state index contributed by atoms with van der Waals surface area (Å²) in [6.07, 6.45) is 1.39. The van der Waals surface area contributed by atoms with Gasteiger partial charge in [0.25, 0.3) is 0 Å². The van der Waals surface area contributed by atoms with Gasteiger partial charge in [-0.25, -0.2) is 0 Å². The molecule has 101 valence electrons. The van der Waals surface area contributed by atoms with E-state index >= 15 is 0 Å². The molecular formula is C13H23N2O2Si. The van der Waals surface area contributed by atoms with Crippen molar-refractivity contribution >= 4 is 14.5 Å². The van der Waals surface area contributed by atoms with Gasteiger partial charge < -0.3 is 19.9 Å². The van der Waals surface area contributed by atoms with E-state index in [-0.39, 0.29) is 6.04 Å². The first-order valence-corrected chi connectivity index (χ1v) is 7.53. The molecule has 1 fully saturated rings. The van der Waals surface area contributed by atoms with E-state index in [0.717, 1.165) is 10.8 Å². The maximum Gasteiger partial charge on any atom is 0.423 e. The van der Waals surface area contributed by atoms with Gasteiger partial charge in [-0.1, -0.05) is 24.3 Å². The first-order chi connectivity index (χ1) is 8.70. The van der Waals surface area contributed by atoms with E-state index in [1.54, 1.807) is 14.2 Å². The number of nitrogens with two attached hydrogens (primary N) is 1. The van der Waals surface area contributed by atoms with E-state index in [0.29, 0.717) is 0 Å². The van der Waals surface area contributed by atoms with E-state index < -0.39 is 9.28 Å². The Labute approximate surface area is 111 Å². The van der Waals surface area contributed by atoms with Crippen molar-refractivity contribution in [1.82, 2.24) is 5.32 Å². The molecule has 0 aliphatic carbocycles. The van der Waals surface area contributed by atoms with Crippen LogP contribution < -0.4 is 16.2 Å². The summed E-state index contributed by atoms with van der Waals surface area (Å²) in [6, 6.07) is 8.00. The highest BCUT2D eigenvalue weighted by Gasteiger charge is 2.20. The van der Waals surface area contributed by atoms with Crippen molar-refractivity contribution in [3.8, 4) is 0 Å². The molecule has 3 N–H and O–H groups in total. The molecule has 1 aromatic carbocycles. The highest BCUT2D eigenvalue weighted by atomic mass is 28.3. The van der Waals surface area contributed by atoms with Gasteiger partial charge >= 0.3 is 9.28 Å². The lowest BCUT2D eigenvalue weighted by Gasteiger charge is -2.16. The summed E-state index contributed by atoms with van der Waals surface area (Å²) >= 11 is 0. The number of benzene rings is 1. The normalized spacial score (nSPS) is 15.6. The lowest BCUT2D eigenvalue weighted by atomic mass is 10.1. The average molecular weight is 267 g/mol. The fourth-order valence-corrected chi connectivity index (χ4v) is 2.95. The molecule has 0 bridgehead atoms. The molecule has 1 heterocycles. The summed E-state index contributed by atoms with van der Waals surface area (Å²) in [5.74, 6) is 0. The highest BCUT2D eigenvalue weighted by molar-refractivity contribution is 6.61. The third-order valence-corrected chi connectivity index (χ3v) is 4.39. The van der Waals surface area contributed by atoms with Crippen LogP contribution in [0.15, 0.2) is 24.3 Å². The van der Waals surface area contributed by atoms with Crippen LogP contribution in [0.4, 0.5) is 0 Å². The van der Waals surface area contributed by atoms with Gasteiger partial charge in [-0.05, 0) is 32.0 Å². The van der Waals surface area contributed by atoms with Crippen molar-refractivity contribution in [1.29, 1.82) is 0 Å². The minimum atomic E-state index is -1.36. The fraction of sp³-hybridized carbons (Fsp3) is 0.538. The van der Waals surface area contributed by atoms with E-state index in [1.165, 1.54) is 19.5 Å². The van der Waals surface area contributed by atoms with E-state index in [9.17, 15) is 0 Å². The quantitative estimate of drug-likeness (QED) is 0.788. The van der Waals surface area contributed by atoms with Crippen molar-refractivity contribution in [3.63, 3.8) is 0 Å². The molecule has 1 radical (unpaired) electrons. The average Bonchev–Trinajstić information content (AvgIpc) is 2.29. The number of rotatable bonds is 4. The second kappa shape index (κ2) is 8.39. The molecular weight excluding hydrogens is 244 g/mol. The summed E-state index contributed by atoms with van der Waals surface area (Å²) in [5.41, 5.74) is 6.97. The Morgan fingerprint density at radius 1 is 1.22 bits per heavy atom. The van der Waals surface area contributed by atoms with Crippen molar-refractivity contribution in [2.75, 3.05) is 27.3 Å². The van der Waals surface area contributed by atoms with Crippen LogP contribution in [-0.2, 0) is 8.85 Å². The Hall–Kier alpha value is -0.723. The Bertz CT molecular complexity index is 336. The van der Waals surface area contributed by atoms with Gasteiger partial charge in [0.05, 0.1) is 0 Å². The summed E-state index contributed by atoms with van der Waals surface area (Å²) in [6.45, 7) is 4.46. The summed E-state index contributed by atoms with van der Waals surface area (Å²) in [7, 11) is 1.97. The Morgan fingerprint density at radius 3 is 2.11 bits per heavy atom. The third kappa shape index (κ3) is 4.51. The van der Waals surface area contributed by atoms with Gasteiger partial charge in [0.1, 0.15) is 0 Å². The van der Waals surface area contributed by atoms with Crippen LogP contribution in [0.5, 0.6) is 0 Å². The van der Waals surface area contributed by atoms with Crippen molar-refractivity contribution in [2.24, 2.45) is 5.73 Å². The topological polar surface area (TPSA) is 56.5 Å². The van der Waals surface area contributed by atoms with Crippen LogP contribution in [0.3, 0.4) is 0 Å². The molecule has 0 saturated carbocycles. The predicted octanol–water partition coefficient (Wildman–Crippen LogP) is 0.674. The van der Waals surface area contributed by atoms with Crippen LogP contribution in [0.25, 0.3) is 0 Å². The molecule has 1 unspecified atom stereocenters. The smallest absolute Gasteiger partial charge is 0.393 e. The van der Waals surface area contributed by atoms with Crippen molar-refractivity contribution in [2.45, 2.75) is 19.4 Å². The van der Waals surface area contributed by atoms with Crippen molar-refractivity contribution in [3.05, 3.63) is 29.8 Å². The monoisotopic (exact) mass is 267 g/mol. The molecule has 1 saturated heterocycles. The number of hydrogen-bond acceptors (Lipinski definition) is 4. The first-order valence-electron chi connectivity index (χ1n) is 6.21. The third-order valence-electron chi connectivity index (χ3n) is 2.75. The molecule has 18 heavy (non-hydrogen) atoms. The van der Waals surface area contributed by atoms with Gasteiger partial charge in [-0.2, -0.15) is 0 Å². The summed E-state index contributed by atoms with van der Waals surface area (Å²) in [4.78, 5) is 0. The zero-order valence-electron chi connectivity index (χ0n) is 11.4. The molecule has 5 heteroatoms. The Kier molecular flexibility index (Phi) is 7.15. The predicted molar refractivity (Wildman–Crippen MR) is 75.9 cm³/mol. The van der Waals surface area contributed by atoms with Gasteiger partial charge in [0, 0.05) is 25.4 Å². The molecule has 0 spiro atoms. The SMILES string of the molecule is C1CNC1.CO[Si](OC)c1ccccc1C(C)N. The van der Waals surface area contributed by atoms with E-state index in [2.05, 4.69) is 5.32 Å². The summed E-state index contributed by atoms with van der Waals surface area (Å²) in [5, 5.41) is 4.21. The van der Waals surface area contributed by atoms with E-state index in [1.807, 2.05) is 31.2 Å². The highest BCUT2D eigenvalue weighted by Crippen LogP contribution is 2.07. The molecule has 0 aromatic heterocycles. The molecule has 1 aliphatic heterocycles.